The maximum atomic E-state index is 10.7. The van der Waals surface area contributed by atoms with E-state index in [4.69, 9.17) is 10.2 Å². The molecule has 0 aliphatic carbocycles. The first-order valence-corrected chi connectivity index (χ1v) is 5.55. The number of hydrogen-bond acceptors (Lipinski definition) is 5. The lowest BCUT2D eigenvalue weighted by atomic mass is 10.1. The average Bonchev–Trinajstić information content (AvgIpc) is 2.81. The Morgan fingerprint density at radius 2 is 2.00 bits per heavy atom. The summed E-state index contributed by atoms with van der Waals surface area (Å²) in [5.74, 6) is 0.355. The van der Waals surface area contributed by atoms with Gasteiger partial charge < -0.3 is 10.2 Å². The highest BCUT2D eigenvalue weighted by Crippen LogP contribution is 2.30. The maximum Gasteiger partial charge on any atom is 0.271 e. The number of anilines is 1. The van der Waals surface area contributed by atoms with Crippen LogP contribution < -0.4 is 5.73 Å². The Kier molecular flexibility index (Phi) is 2.42. The van der Waals surface area contributed by atoms with Gasteiger partial charge >= 0.3 is 0 Å². The van der Waals surface area contributed by atoms with Crippen molar-refractivity contribution in [3.63, 3.8) is 0 Å². The zero-order valence-electron chi connectivity index (χ0n) is 9.74. The smallest absolute Gasteiger partial charge is 0.271 e. The molecule has 6 heteroatoms. The first kappa shape index (κ1) is 11.2. The van der Waals surface area contributed by atoms with E-state index in [1.165, 1.54) is 18.2 Å². The van der Waals surface area contributed by atoms with Crippen LogP contribution in [0.25, 0.3) is 22.6 Å². The Bertz CT molecular complexity index is 747. The molecular formula is C13H9N3O3. The number of nitro benzene ring substituents is 1. The zero-order chi connectivity index (χ0) is 13.4. The van der Waals surface area contributed by atoms with Gasteiger partial charge in [0, 0.05) is 12.1 Å². The molecule has 1 heterocycles. The summed E-state index contributed by atoms with van der Waals surface area (Å²) >= 11 is 0. The summed E-state index contributed by atoms with van der Waals surface area (Å²) in [5, 5.41) is 10.7. The van der Waals surface area contributed by atoms with Gasteiger partial charge in [0.1, 0.15) is 5.52 Å². The molecule has 0 atom stereocenters. The number of nitrogens with zero attached hydrogens (tertiary/aromatic N) is 2. The first-order chi connectivity index (χ1) is 9.15. The van der Waals surface area contributed by atoms with Gasteiger partial charge in [-0.25, -0.2) is 4.98 Å². The molecular weight excluding hydrogens is 246 g/mol. The lowest BCUT2D eigenvalue weighted by molar-refractivity contribution is -0.384. The molecule has 3 aromatic rings. The number of nitrogens with two attached hydrogens (primary N) is 1. The molecule has 0 radical (unpaired) electrons. The van der Waals surface area contributed by atoms with Crippen LogP contribution in [-0.4, -0.2) is 9.91 Å². The van der Waals surface area contributed by atoms with Gasteiger partial charge in [0.2, 0.25) is 5.89 Å². The molecule has 1 aromatic heterocycles. The van der Waals surface area contributed by atoms with E-state index in [1.54, 1.807) is 6.07 Å². The largest absolute Gasteiger partial charge is 0.436 e. The molecule has 6 nitrogen and oxygen atoms in total. The average molecular weight is 255 g/mol. The molecule has 0 fully saturated rings. The van der Waals surface area contributed by atoms with Gasteiger partial charge in [-0.05, 0) is 18.2 Å². The minimum Gasteiger partial charge on any atom is -0.436 e. The van der Waals surface area contributed by atoms with E-state index in [2.05, 4.69) is 4.98 Å². The van der Waals surface area contributed by atoms with Crippen LogP contribution in [0.5, 0.6) is 0 Å². The number of benzene rings is 2. The van der Waals surface area contributed by atoms with E-state index in [0.29, 0.717) is 17.0 Å². The van der Waals surface area contributed by atoms with Crippen molar-refractivity contribution < 1.29 is 9.34 Å². The van der Waals surface area contributed by atoms with Crippen LogP contribution in [0.2, 0.25) is 0 Å². The van der Waals surface area contributed by atoms with Crippen LogP contribution in [0, 0.1) is 10.1 Å². The Hall–Kier alpha value is -2.89. The second-order valence-corrected chi connectivity index (χ2v) is 4.02. The molecule has 0 aliphatic heterocycles. The first-order valence-electron chi connectivity index (χ1n) is 5.55. The quantitative estimate of drug-likeness (QED) is 0.431. The van der Waals surface area contributed by atoms with Crippen LogP contribution in [0.15, 0.2) is 46.9 Å². The van der Waals surface area contributed by atoms with Crippen molar-refractivity contribution in [1.29, 1.82) is 0 Å². The molecule has 0 unspecified atom stereocenters. The molecule has 0 saturated carbocycles. The zero-order valence-corrected chi connectivity index (χ0v) is 9.74. The van der Waals surface area contributed by atoms with Crippen LogP contribution in [-0.2, 0) is 0 Å². The van der Waals surface area contributed by atoms with Gasteiger partial charge in [-0.3, -0.25) is 10.1 Å². The predicted octanol–water partition coefficient (Wildman–Crippen LogP) is 2.99. The monoisotopic (exact) mass is 255 g/mol. The number of aromatic nitrogens is 1. The summed E-state index contributed by atoms with van der Waals surface area (Å²) in [7, 11) is 0. The van der Waals surface area contributed by atoms with Gasteiger partial charge in [0.25, 0.3) is 5.69 Å². The van der Waals surface area contributed by atoms with Gasteiger partial charge in [0.05, 0.1) is 16.2 Å². The predicted molar refractivity (Wildman–Crippen MR) is 70.5 cm³/mol. The topological polar surface area (TPSA) is 95.2 Å². The number of oxazole rings is 1. The van der Waals surface area contributed by atoms with Crippen molar-refractivity contribution in [1.82, 2.24) is 4.98 Å². The summed E-state index contributed by atoms with van der Waals surface area (Å²) in [4.78, 5) is 14.5. The molecule has 0 aliphatic rings. The van der Waals surface area contributed by atoms with Crippen molar-refractivity contribution in [2.75, 3.05) is 5.73 Å². The van der Waals surface area contributed by atoms with Gasteiger partial charge in [-0.1, -0.05) is 12.1 Å². The van der Waals surface area contributed by atoms with Gasteiger partial charge in [-0.15, -0.1) is 0 Å². The van der Waals surface area contributed by atoms with Crippen molar-refractivity contribution in [2.45, 2.75) is 0 Å². The third kappa shape index (κ3) is 1.89. The molecule has 0 spiro atoms. The molecule has 2 N–H and O–H groups in total. The van der Waals surface area contributed by atoms with Gasteiger partial charge in [0.15, 0.2) is 5.58 Å². The molecule has 19 heavy (non-hydrogen) atoms. The van der Waals surface area contributed by atoms with Crippen molar-refractivity contribution in [3.8, 4) is 11.5 Å². The summed E-state index contributed by atoms with van der Waals surface area (Å²) in [5.41, 5.74) is 7.92. The van der Waals surface area contributed by atoms with Crippen LogP contribution in [0.4, 0.5) is 11.4 Å². The van der Waals surface area contributed by atoms with E-state index in [-0.39, 0.29) is 11.4 Å². The fraction of sp³-hybridized carbons (Fsp3) is 0. The second kappa shape index (κ2) is 4.09. The Balaban J connectivity index is 2.13. The number of non-ortho nitro benzene ring substituents is 1. The maximum absolute atomic E-state index is 10.7. The molecule has 0 saturated heterocycles. The van der Waals surface area contributed by atoms with Gasteiger partial charge in [-0.2, -0.15) is 0 Å². The summed E-state index contributed by atoms with van der Waals surface area (Å²) < 4.78 is 5.57. The fourth-order valence-electron chi connectivity index (χ4n) is 1.85. The standard InChI is InChI=1S/C13H9N3O3/c14-10-7-8(16(17)18)5-6-9(10)13-15-11-3-1-2-4-12(11)19-13/h1-7H,14H2. The van der Waals surface area contributed by atoms with Crippen molar-refractivity contribution >= 4 is 22.5 Å². The minimum absolute atomic E-state index is 0.0580. The van der Waals surface area contributed by atoms with Crippen molar-refractivity contribution in [3.05, 3.63) is 52.6 Å². The fourth-order valence-corrected chi connectivity index (χ4v) is 1.85. The van der Waals surface area contributed by atoms with E-state index in [0.717, 1.165) is 5.52 Å². The Morgan fingerprint density at radius 1 is 1.21 bits per heavy atom. The van der Waals surface area contributed by atoms with Crippen LogP contribution >= 0.6 is 0 Å². The number of hydrogen-bond donors (Lipinski definition) is 1. The lowest BCUT2D eigenvalue weighted by Gasteiger charge is -2.00. The van der Waals surface area contributed by atoms with Crippen LogP contribution in [0.3, 0.4) is 0 Å². The normalized spacial score (nSPS) is 10.7. The molecule has 0 bridgehead atoms. The number of para-hydroxylation sites is 2. The highest BCUT2D eigenvalue weighted by Gasteiger charge is 2.14. The Morgan fingerprint density at radius 3 is 2.68 bits per heavy atom. The number of fused-ring (bicyclic) bond motifs is 1. The third-order valence-corrected chi connectivity index (χ3v) is 2.77. The van der Waals surface area contributed by atoms with Crippen molar-refractivity contribution in [2.24, 2.45) is 0 Å². The summed E-state index contributed by atoms with van der Waals surface area (Å²) in [6.07, 6.45) is 0. The minimum atomic E-state index is -0.494. The summed E-state index contributed by atoms with van der Waals surface area (Å²) in [6.45, 7) is 0. The van der Waals surface area contributed by atoms with Crippen LogP contribution in [0.1, 0.15) is 0 Å². The van der Waals surface area contributed by atoms with E-state index < -0.39 is 4.92 Å². The molecule has 2 aromatic carbocycles. The van der Waals surface area contributed by atoms with E-state index in [1.807, 2.05) is 18.2 Å². The number of nitro groups is 1. The lowest BCUT2D eigenvalue weighted by Crippen LogP contribution is -1.94. The molecule has 0 amide bonds. The summed E-state index contributed by atoms with van der Waals surface area (Å²) in [6, 6.07) is 11.5. The van der Waals surface area contributed by atoms with E-state index >= 15 is 0 Å². The highest BCUT2D eigenvalue weighted by atomic mass is 16.6. The SMILES string of the molecule is Nc1cc([N+](=O)[O-])ccc1-c1nc2ccccc2o1. The third-order valence-electron chi connectivity index (χ3n) is 2.77. The number of nitrogen functional groups attached to an aromatic ring is 1. The Labute approximate surface area is 107 Å². The highest BCUT2D eigenvalue weighted by molar-refractivity contribution is 5.80. The second-order valence-electron chi connectivity index (χ2n) is 4.02. The molecule has 94 valence electrons. The molecule has 3 rings (SSSR count). The van der Waals surface area contributed by atoms with E-state index in [9.17, 15) is 10.1 Å². The number of rotatable bonds is 2.